The first kappa shape index (κ1) is 9.52. The van der Waals surface area contributed by atoms with Crippen molar-refractivity contribution in [1.82, 2.24) is 5.32 Å². The summed E-state index contributed by atoms with van der Waals surface area (Å²) in [5.41, 5.74) is 1.17. The molecule has 1 nitrogen and oxygen atoms in total. The van der Waals surface area contributed by atoms with E-state index >= 15 is 0 Å². The number of fused-ring (bicyclic) bond motifs is 1. The van der Waals surface area contributed by atoms with Gasteiger partial charge in [-0.15, -0.1) is 0 Å². The molecule has 0 saturated heterocycles. The van der Waals surface area contributed by atoms with Crippen molar-refractivity contribution in [3.05, 3.63) is 35.4 Å². The van der Waals surface area contributed by atoms with Crippen LogP contribution in [-0.4, -0.2) is 12.7 Å². The largest absolute Gasteiger partial charge is 0.407 e. The number of benzene rings is 1. The van der Waals surface area contributed by atoms with Crippen LogP contribution in [0.5, 0.6) is 0 Å². The fourth-order valence-electron chi connectivity index (χ4n) is 1.80. The standard InChI is InChI=1S/C10H10F3N/c11-10(12,13)9-8-4-2-1-3-7(8)5-6-14-9/h1-4,9,14H,5-6H2. The summed E-state index contributed by atoms with van der Waals surface area (Å²) in [5.74, 6) is 0. The van der Waals surface area contributed by atoms with E-state index in [4.69, 9.17) is 0 Å². The third-order valence-electron chi connectivity index (χ3n) is 2.44. The minimum atomic E-state index is -4.20. The predicted molar refractivity (Wildman–Crippen MR) is 46.9 cm³/mol. The maximum atomic E-state index is 12.6. The number of alkyl halides is 3. The molecule has 1 unspecified atom stereocenters. The molecule has 0 aromatic heterocycles. The Morgan fingerprint density at radius 3 is 2.64 bits per heavy atom. The molecular weight excluding hydrogens is 191 g/mol. The minimum Gasteiger partial charge on any atom is -0.302 e. The minimum absolute atomic E-state index is 0.367. The molecule has 1 aromatic rings. The van der Waals surface area contributed by atoms with Gasteiger partial charge in [-0.25, -0.2) is 0 Å². The van der Waals surface area contributed by atoms with Crippen LogP contribution in [-0.2, 0) is 6.42 Å². The Balaban J connectivity index is 2.41. The average Bonchev–Trinajstić information content (AvgIpc) is 2.15. The summed E-state index contributed by atoms with van der Waals surface area (Å²) in [6.45, 7) is 0.390. The molecule has 0 fully saturated rings. The lowest BCUT2D eigenvalue weighted by Gasteiger charge is -2.28. The van der Waals surface area contributed by atoms with E-state index in [1.54, 1.807) is 24.3 Å². The summed E-state index contributed by atoms with van der Waals surface area (Å²) >= 11 is 0. The molecule has 2 rings (SSSR count). The third-order valence-corrected chi connectivity index (χ3v) is 2.44. The van der Waals surface area contributed by atoms with Crippen molar-refractivity contribution >= 4 is 0 Å². The number of hydrogen-bond acceptors (Lipinski definition) is 1. The second kappa shape index (κ2) is 3.28. The highest BCUT2D eigenvalue weighted by Gasteiger charge is 2.42. The molecule has 0 bridgehead atoms. The van der Waals surface area contributed by atoms with Gasteiger partial charge in [0.05, 0.1) is 0 Å². The van der Waals surface area contributed by atoms with Crippen LogP contribution in [0.15, 0.2) is 24.3 Å². The topological polar surface area (TPSA) is 12.0 Å². The van der Waals surface area contributed by atoms with Crippen molar-refractivity contribution in [2.45, 2.75) is 18.6 Å². The van der Waals surface area contributed by atoms with E-state index < -0.39 is 12.2 Å². The zero-order valence-corrected chi connectivity index (χ0v) is 7.43. The van der Waals surface area contributed by atoms with Gasteiger partial charge in [0.1, 0.15) is 6.04 Å². The molecule has 1 atom stereocenters. The molecule has 0 spiro atoms. The van der Waals surface area contributed by atoms with E-state index in [1.165, 1.54) is 0 Å². The molecule has 14 heavy (non-hydrogen) atoms. The highest BCUT2D eigenvalue weighted by Crippen LogP contribution is 2.36. The number of rotatable bonds is 0. The maximum Gasteiger partial charge on any atom is 0.407 e. The number of halogens is 3. The van der Waals surface area contributed by atoms with Crippen LogP contribution in [0.4, 0.5) is 13.2 Å². The molecule has 0 saturated carbocycles. The quantitative estimate of drug-likeness (QED) is 0.679. The summed E-state index contributed by atoms with van der Waals surface area (Å²) in [7, 11) is 0. The van der Waals surface area contributed by atoms with Crippen LogP contribution < -0.4 is 5.32 Å². The first-order valence-corrected chi connectivity index (χ1v) is 4.47. The molecule has 1 aliphatic heterocycles. The summed E-state index contributed by atoms with van der Waals surface area (Å²) in [6.07, 6.45) is -3.53. The molecule has 0 amide bonds. The zero-order valence-electron chi connectivity index (χ0n) is 7.43. The summed E-state index contributed by atoms with van der Waals surface area (Å²) in [6, 6.07) is 5.23. The molecule has 1 aromatic carbocycles. The van der Waals surface area contributed by atoms with E-state index in [2.05, 4.69) is 5.32 Å². The van der Waals surface area contributed by atoms with Gasteiger partial charge >= 0.3 is 6.18 Å². The third kappa shape index (κ3) is 1.62. The van der Waals surface area contributed by atoms with E-state index in [0.717, 1.165) is 5.56 Å². The highest BCUT2D eigenvalue weighted by molar-refractivity contribution is 5.33. The van der Waals surface area contributed by atoms with E-state index in [0.29, 0.717) is 18.5 Å². The fraction of sp³-hybridized carbons (Fsp3) is 0.400. The van der Waals surface area contributed by atoms with Crippen LogP contribution >= 0.6 is 0 Å². The van der Waals surface area contributed by atoms with Gasteiger partial charge in [-0.3, -0.25) is 0 Å². The van der Waals surface area contributed by atoms with Crippen LogP contribution in [0, 0.1) is 0 Å². The predicted octanol–water partition coefficient (Wildman–Crippen LogP) is 2.44. The normalized spacial score (nSPS) is 21.8. The fourth-order valence-corrected chi connectivity index (χ4v) is 1.80. The van der Waals surface area contributed by atoms with Crippen molar-refractivity contribution in [3.8, 4) is 0 Å². The Morgan fingerprint density at radius 2 is 1.93 bits per heavy atom. The molecule has 1 aliphatic rings. The molecule has 1 heterocycles. The molecular formula is C10H10F3N. The Hall–Kier alpha value is -1.03. The maximum absolute atomic E-state index is 12.6. The monoisotopic (exact) mass is 201 g/mol. The van der Waals surface area contributed by atoms with Gasteiger partial charge in [-0.2, -0.15) is 13.2 Å². The van der Waals surface area contributed by atoms with Crippen LogP contribution in [0.25, 0.3) is 0 Å². The van der Waals surface area contributed by atoms with Gasteiger partial charge in [0.2, 0.25) is 0 Å². The average molecular weight is 201 g/mol. The first-order valence-electron chi connectivity index (χ1n) is 4.47. The Morgan fingerprint density at radius 1 is 1.21 bits per heavy atom. The number of hydrogen-bond donors (Lipinski definition) is 1. The Bertz CT molecular complexity index is 332. The van der Waals surface area contributed by atoms with Crippen molar-refractivity contribution in [2.24, 2.45) is 0 Å². The molecule has 0 radical (unpaired) electrons. The lowest BCUT2D eigenvalue weighted by molar-refractivity contribution is -0.158. The van der Waals surface area contributed by atoms with Gasteiger partial charge in [-0.05, 0) is 17.5 Å². The van der Waals surface area contributed by atoms with Crippen molar-refractivity contribution in [2.75, 3.05) is 6.54 Å². The summed E-state index contributed by atoms with van der Waals surface area (Å²) in [4.78, 5) is 0. The van der Waals surface area contributed by atoms with E-state index in [-0.39, 0.29) is 0 Å². The Labute approximate surface area is 79.9 Å². The summed E-state index contributed by atoms with van der Waals surface area (Å²) < 4.78 is 37.7. The lowest BCUT2D eigenvalue weighted by Crippen LogP contribution is -2.39. The van der Waals surface area contributed by atoms with Crippen molar-refractivity contribution < 1.29 is 13.2 Å². The SMILES string of the molecule is FC(F)(F)C1NCCc2ccccc21. The van der Waals surface area contributed by atoms with E-state index in [9.17, 15) is 13.2 Å². The van der Waals surface area contributed by atoms with Crippen LogP contribution in [0.2, 0.25) is 0 Å². The van der Waals surface area contributed by atoms with Crippen LogP contribution in [0.3, 0.4) is 0 Å². The highest BCUT2D eigenvalue weighted by atomic mass is 19.4. The first-order chi connectivity index (χ1) is 6.59. The number of nitrogens with one attached hydrogen (secondary N) is 1. The molecule has 76 valence electrons. The van der Waals surface area contributed by atoms with E-state index in [1.807, 2.05) is 0 Å². The lowest BCUT2D eigenvalue weighted by atomic mass is 9.94. The molecule has 4 heteroatoms. The van der Waals surface area contributed by atoms with Gasteiger partial charge < -0.3 is 5.32 Å². The van der Waals surface area contributed by atoms with Gasteiger partial charge in [-0.1, -0.05) is 24.3 Å². The molecule has 0 aliphatic carbocycles. The smallest absolute Gasteiger partial charge is 0.302 e. The van der Waals surface area contributed by atoms with Crippen molar-refractivity contribution in [3.63, 3.8) is 0 Å². The van der Waals surface area contributed by atoms with Crippen LogP contribution in [0.1, 0.15) is 17.2 Å². The second-order valence-electron chi connectivity index (χ2n) is 3.38. The Kier molecular flexibility index (Phi) is 2.23. The molecule has 1 N–H and O–H groups in total. The van der Waals surface area contributed by atoms with Gasteiger partial charge in [0.25, 0.3) is 0 Å². The van der Waals surface area contributed by atoms with Crippen molar-refractivity contribution in [1.29, 1.82) is 0 Å². The zero-order chi connectivity index (χ0) is 10.2. The second-order valence-corrected chi connectivity index (χ2v) is 3.38. The van der Waals surface area contributed by atoms with Gasteiger partial charge in [0, 0.05) is 6.54 Å². The van der Waals surface area contributed by atoms with Gasteiger partial charge in [0.15, 0.2) is 0 Å². The summed E-state index contributed by atoms with van der Waals surface area (Å²) in [5, 5.41) is 2.49.